The summed E-state index contributed by atoms with van der Waals surface area (Å²) in [4.78, 5) is 16.6. The molecule has 0 saturated carbocycles. The number of rotatable bonds is 3. The van der Waals surface area contributed by atoms with Crippen LogP contribution in [0.5, 0.6) is 0 Å². The highest BCUT2D eigenvalue weighted by molar-refractivity contribution is 5.97. The minimum atomic E-state index is -0.00690. The van der Waals surface area contributed by atoms with Gasteiger partial charge in [-0.05, 0) is 49.1 Å². The standard InChI is InChI=1S/C17H21N3O.2ClH/c1-17(7-3-8-18-11-17)12-20-16(21)14-5-6-15-13(10-14)4-2-9-19-15;;/h2,4-6,9-10,18H,3,7-8,11-12H2,1H3,(H,20,21);2*1H. The lowest BCUT2D eigenvalue weighted by Crippen LogP contribution is -2.45. The molecule has 23 heavy (non-hydrogen) atoms. The first-order valence-corrected chi connectivity index (χ1v) is 7.50. The number of pyridine rings is 1. The first-order valence-electron chi connectivity index (χ1n) is 7.50. The van der Waals surface area contributed by atoms with Gasteiger partial charge in [0.25, 0.3) is 5.91 Å². The molecule has 4 nitrogen and oxygen atoms in total. The van der Waals surface area contributed by atoms with Crippen LogP contribution < -0.4 is 10.6 Å². The summed E-state index contributed by atoms with van der Waals surface area (Å²) in [5.41, 5.74) is 1.77. The highest BCUT2D eigenvalue weighted by Gasteiger charge is 2.27. The smallest absolute Gasteiger partial charge is 0.251 e. The van der Waals surface area contributed by atoms with Crippen molar-refractivity contribution < 1.29 is 4.79 Å². The average molecular weight is 356 g/mol. The molecule has 126 valence electrons. The van der Waals surface area contributed by atoms with E-state index < -0.39 is 0 Å². The van der Waals surface area contributed by atoms with Gasteiger partial charge in [-0.15, -0.1) is 24.8 Å². The maximum atomic E-state index is 12.3. The Morgan fingerprint density at radius 2 is 2.17 bits per heavy atom. The van der Waals surface area contributed by atoms with Crippen LogP contribution in [-0.4, -0.2) is 30.5 Å². The van der Waals surface area contributed by atoms with Crippen molar-refractivity contribution in [2.24, 2.45) is 5.41 Å². The van der Waals surface area contributed by atoms with Crippen molar-refractivity contribution >= 4 is 41.6 Å². The number of halogens is 2. The molecule has 1 amide bonds. The summed E-state index contributed by atoms with van der Waals surface area (Å²) in [5, 5.41) is 7.47. The van der Waals surface area contributed by atoms with E-state index >= 15 is 0 Å². The van der Waals surface area contributed by atoms with Crippen molar-refractivity contribution in [3.05, 3.63) is 42.1 Å². The zero-order chi connectivity index (χ0) is 14.7. The highest BCUT2D eigenvalue weighted by atomic mass is 35.5. The van der Waals surface area contributed by atoms with Crippen LogP contribution in [0.3, 0.4) is 0 Å². The number of piperidine rings is 1. The van der Waals surface area contributed by atoms with Crippen LogP contribution in [0.25, 0.3) is 10.9 Å². The number of nitrogens with one attached hydrogen (secondary N) is 2. The molecule has 1 aromatic carbocycles. The van der Waals surface area contributed by atoms with E-state index in [0.29, 0.717) is 12.1 Å². The second kappa shape index (κ2) is 8.48. The van der Waals surface area contributed by atoms with Crippen molar-refractivity contribution in [2.75, 3.05) is 19.6 Å². The third-order valence-corrected chi connectivity index (χ3v) is 4.23. The van der Waals surface area contributed by atoms with Gasteiger partial charge < -0.3 is 10.6 Å². The van der Waals surface area contributed by atoms with E-state index in [1.165, 1.54) is 6.42 Å². The molecule has 1 aliphatic heterocycles. The van der Waals surface area contributed by atoms with Gasteiger partial charge in [-0.25, -0.2) is 0 Å². The Hall–Kier alpha value is -1.36. The molecule has 1 saturated heterocycles. The number of hydrogen-bond donors (Lipinski definition) is 2. The van der Waals surface area contributed by atoms with Gasteiger partial charge in [-0.1, -0.05) is 13.0 Å². The third-order valence-electron chi connectivity index (χ3n) is 4.23. The highest BCUT2D eigenvalue weighted by Crippen LogP contribution is 2.24. The molecular weight excluding hydrogens is 333 g/mol. The molecule has 2 aromatic rings. The summed E-state index contributed by atoms with van der Waals surface area (Å²) in [6.45, 7) is 4.99. The zero-order valence-corrected chi connectivity index (χ0v) is 14.8. The first kappa shape index (κ1) is 19.7. The number of hydrogen-bond acceptors (Lipinski definition) is 3. The van der Waals surface area contributed by atoms with E-state index in [9.17, 15) is 4.79 Å². The van der Waals surface area contributed by atoms with Crippen molar-refractivity contribution in [2.45, 2.75) is 19.8 Å². The minimum absolute atomic E-state index is 0. The molecule has 1 fully saturated rings. The molecule has 2 N–H and O–H groups in total. The van der Waals surface area contributed by atoms with Gasteiger partial charge in [0.05, 0.1) is 5.52 Å². The number of fused-ring (bicyclic) bond motifs is 1. The van der Waals surface area contributed by atoms with Crippen LogP contribution in [0.15, 0.2) is 36.5 Å². The van der Waals surface area contributed by atoms with E-state index in [0.717, 1.165) is 30.4 Å². The lowest BCUT2D eigenvalue weighted by Gasteiger charge is -2.34. The minimum Gasteiger partial charge on any atom is -0.351 e. The van der Waals surface area contributed by atoms with Gasteiger partial charge in [0.15, 0.2) is 0 Å². The number of benzene rings is 1. The van der Waals surface area contributed by atoms with Gasteiger partial charge in [0.2, 0.25) is 0 Å². The molecule has 3 rings (SSSR count). The van der Waals surface area contributed by atoms with Crippen molar-refractivity contribution in [1.82, 2.24) is 15.6 Å². The molecule has 0 aliphatic carbocycles. The van der Waals surface area contributed by atoms with Crippen molar-refractivity contribution in [1.29, 1.82) is 0 Å². The van der Waals surface area contributed by atoms with Gasteiger partial charge in [0.1, 0.15) is 0 Å². The molecular formula is C17H23Cl2N3O. The van der Waals surface area contributed by atoms with Gasteiger partial charge in [0, 0.05) is 30.2 Å². The molecule has 1 unspecified atom stereocenters. The Balaban J connectivity index is 0.00000132. The van der Waals surface area contributed by atoms with E-state index in [1.807, 2.05) is 30.3 Å². The largest absolute Gasteiger partial charge is 0.351 e. The Labute approximate surface area is 149 Å². The van der Waals surface area contributed by atoms with Crippen LogP contribution in [0.4, 0.5) is 0 Å². The first-order chi connectivity index (χ1) is 10.2. The summed E-state index contributed by atoms with van der Waals surface area (Å²) in [5.74, 6) is -0.00690. The third kappa shape index (κ3) is 4.80. The second-order valence-corrected chi connectivity index (χ2v) is 6.18. The van der Waals surface area contributed by atoms with E-state index in [1.54, 1.807) is 6.20 Å². The molecule has 0 bridgehead atoms. The lowest BCUT2D eigenvalue weighted by atomic mass is 9.83. The fraction of sp³-hybridized carbons (Fsp3) is 0.412. The molecule has 1 atom stereocenters. The zero-order valence-electron chi connectivity index (χ0n) is 13.2. The normalized spacial score (nSPS) is 20.2. The monoisotopic (exact) mass is 355 g/mol. The Morgan fingerprint density at radius 3 is 2.91 bits per heavy atom. The molecule has 1 aliphatic rings. The molecule has 0 radical (unpaired) electrons. The SMILES string of the molecule is CC1(CNC(=O)c2ccc3ncccc3c2)CCCNC1.Cl.Cl. The maximum Gasteiger partial charge on any atom is 0.251 e. The van der Waals surface area contributed by atoms with Crippen LogP contribution in [0, 0.1) is 5.41 Å². The van der Waals surface area contributed by atoms with Crippen molar-refractivity contribution in [3.8, 4) is 0 Å². The predicted octanol–water partition coefficient (Wildman–Crippen LogP) is 3.20. The molecule has 1 aromatic heterocycles. The number of carbonyl (C=O) groups excluding carboxylic acids is 1. The number of nitrogens with zero attached hydrogens (tertiary/aromatic N) is 1. The van der Waals surface area contributed by atoms with Crippen LogP contribution >= 0.6 is 24.8 Å². The van der Waals surface area contributed by atoms with Crippen LogP contribution in [-0.2, 0) is 0 Å². The van der Waals surface area contributed by atoms with Gasteiger partial charge in [-0.3, -0.25) is 9.78 Å². The van der Waals surface area contributed by atoms with Crippen molar-refractivity contribution in [3.63, 3.8) is 0 Å². The summed E-state index contributed by atoms with van der Waals surface area (Å²) in [6.07, 6.45) is 4.09. The fourth-order valence-corrected chi connectivity index (χ4v) is 2.88. The van der Waals surface area contributed by atoms with Crippen LogP contribution in [0.1, 0.15) is 30.1 Å². The molecule has 2 heterocycles. The summed E-state index contributed by atoms with van der Waals surface area (Å²) >= 11 is 0. The summed E-state index contributed by atoms with van der Waals surface area (Å²) < 4.78 is 0. The van der Waals surface area contributed by atoms with Gasteiger partial charge >= 0.3 is 0 Å². The molecule has 0 spiro atoms. The maximum absolute atomic E-state index is 12.3. The number of carbonyl (C=O) groups is 1. The van der Waals surface area contributed by atoms with E-state index in [-0.39, 0.29) is 36.1 Å². The predicted molar refractivity (Wildman–Crippen MR) is 98.8 cm³/mol. The van der Waals surface area contributed by atoms with E-state index in [4.69, 9.17) is 0 Å². The quantitative estimate of drug-likeness (QED) is 0.888. The average Bonchev–Trinajstić information content (AvgIpc) is 2.53. The molecule has 6 heteroatoms. The van der Waals surface area contributed by atoms with E-state index in [2.05, 4.69) is 22.5 Å². The van der Waals surface area contributed by atoms with Crippen LogP contribution in [0.2, 0.25) is 0 Å². The Bertz CT molecular complexity index is 657. The summed E-state index contributed by atoms with van der Waals surface area (Å²) in [6, 6.07) is 9.50. The number of aromatic nitrogens is 1. The second-order valence-electron chi connectivity index (χ2n) is 6.18. The lowest BCUT2D eigenvalue weighted by molar-refractivity contribution is 0.0925. The topological polar surface area (TPSA) is 54.0 Å². The Morgan fingerprint density at radius 1 is 1.35 bits per heavy atom. The van der Waals surface area contributed by atoms with Gasteiger partial charge in [-0.2, -0.15) is 0 Å². The Kier molecular flexibility index (Phi) is 7.26. The summed E-state index contributed by atoms with van der Waals surface area (Å²) in [7, 11) is 0. The fourth-order valence-electron chi connectivity index (χ4n) is 2.88. The number of amides is 1.